The summed E-state index contributed by atoms with van der Waals surface area (Å²) in [6.07, 6.45) is -4.81. The van der Waals surface area contributed by atoms with Crippen LogP contribution in [0.25, 0.3) is 0 Å². The van der Waals surface area contributed by atoms with Crippen molar-refractivity contribution in [2.45, 2.75) is 51.7 Å². The monoisotopic (exact) mass is 540 g/mol. The van der Waals surface area contributed by atoms with E-state index in [-0.39, 0.29) is 36.6 Å². The minimum atomic E-state index is -4.81. The molecule has 0 unspecified atom stereocenters. The lowest BCUT2D eigenvalue weighted by atomic mass is 9.67. The Labute approximate surface area is 225 Å². The largest absolute Gasteiger partial charge is 0.573 e. The maximum atomic E-state index is 14.0. The highest BCUT2D eigenvalue weighted by atomic mass is 19.4. The van der Waals surface area contributed by atoms with Crippen molar-refractivity contribution in [1.29, 1.82) is 0 Å². The van der Waals surface area contributed by atoms with Crippen LogP contribution in [0.4, 0.5) is 13.2 Å². The quantitative estimate of drug-likeness (QED) is 0.395. The normalized spacial score (nSPS) is 19.1. The van der Waals surface area contributed by atoms with Gasteiger partial charge in [0.2, 0.25) is 5.91 Å². The number of alkyl halides is 3. The third-order valence-electron chi connectivity index (χ3n) is 6.97. The van der Waals surface area contributed by atoms with Gasteiger partial charge in [-0.2, -0.15) is 0 Å². The summed E-state index contributed by atoms with van der Waals surface area (Å²) in [5, 5.41) is 12.6. The average Bonchev–Trinajstić information content (AvgIpc) is 2.90. The predicted molar refractivity (Wildman–Crippen MR) is 140 cm³/mol. The summed E-state index contributed by atoms with van der Waals surface area (Å²) < 4.78 is 41.9. The van der Waals surface area contributed by atoms with Crippen LogP contribution in [0, 0.1) is 5.92 Å². The number of ether oxygens (including phenoxy) is 1. The third-order valence-corrected chi connectivity index (χ3v) is 6.97. The summed E-state index contributed by atoms with van der Waals surface area (Å²) in [5.41, 5.74) is 1.73. The fourth-order valence-corrected chi connectivity index (χ4v) is 5.06. The van der Waals surface area contributed by atoms with Gasteiger partial charge in [0.25, 0.3) is 5.91 Å². The Bertz CT molecular complexity index is 1320. The van der Waals surface area contributed by atoms with E-state index in [1.807, 2.05) is 20.8 Å². The van der Waals surface area contributed by atoms with E-state index < -0.39 is 17.8 Å². The topological polar surface area (TPSA) is 78.9 Å². The Morgan fingerprint density at radius 3 is 2.23 bits per heavy atom. The van der Waals surface area contributed by atoms with Gasteiger partial charge < -0.3 is 20.1 Å². The van der Waals surface area contributed by atoms with Gasteiger partial charge in [-0.3, -0.25) is 9.59 Å². The van der Waals surface area contributed by atoms with E-state index in [2.05, 4.69) is 10.1 Å². The van der Waals surface area contributed by atoms with Crippen LogP contribution in [0.2, 0.25) is 0 Å². The molecule has 2 atom stereocenters. The molecule has 0 saturated heterocycles. The van der Waals surface area contributed by atoms with E-state index in [0.717, 1.165) is 0 Å². The van der Waals surface area contributed by atoms with Crippen molar-refractivity contribution < 1.29 is 32.6 Å². The number of benzene rings is 3. The van der Waals surface area contributed by atoms with Crippen LogP contribution >= 0.6 is 0 Å². The van der Waals surface area contributed by atoms with Gasteiger partial charge >= 0.3 is 6.36 Å². The molecule has 2 N–H and O–H groups in total. The lowest BCUT2D eigenvalue weighted by Gasteiger charge is -2.48. The number of halogens is 3. The van der Waals surface area contributed by atoms with Crippen molar-refractivity contribution >= 4 is 11.8 Å². The minimum Gasteiger partial charge on any atom is -0.406 e. The lowest BCUT2D eigenvalue weighted by molar-refractivity contribution is -0.274. The molecule has 1 aliphatic rings. The second-order valence-corrected chi connectivity index (χ2v) is 10.3. The van der Waals surface area contributed by atoms with E-state index in [1.165, 1.54) is 24.3 Å². The maximum Gasteiger partial charge on any atom is 0.573 e. The van der Waals surface area contributed by atoms with Crippen molar-refractivity contribution in [2.24, 2.45) is 5.92 Å². The third kappa shape index (κ3) is 5.93. The molecular weight excluding hydrogens is 509 g/mol. The highest BCUT2D eigenvalue weighted by Crippen LogP contribution is 2.48. The van der Waals surface area contributed by atoms with Crippen molar-refractivity contribution in [3.63, 3.8) is 0 Å². The van der Waals surface area contributed by atoms with Crippen LogP contribution in [0.15, 0.2) is 72.8 Å². The van der Waals surface area contributed by atoms with Crippen LogP contribution < -0.4 is 10.1 Å². The number of carbonyl (C=O) groups is 2. The van der Waals surface area contributed by atoms with Crippen LogP contribution in [-0.2, 0) is 23.4 Å². The van der Waals surface area contributed by atoms with E-state index in [9.17, 15) is 27.9 Å². The zero-order chi connectivity index (χ0) is 28.4. The number of nitrogens with one attached hydrogen (secondary N) is 1. The lowest BCUT2D eigenvalue weighted by Crippen LogP contribution is -2.57. The van der Waals surface area contributed by atoms with E-state index in [1.54, 1.807) is 53.4 Å². The molecule has 0 saturated carbocycles. The van der Waals surface area contributed by atoms with Gasteiger partial charge in [0.15, 0.2) is 0 Å². The van der Waals surface area contributed by atoms with Crippen LogP contribution in [0.1, 0.15) is 59.4 Å². The first-order valence-electron chi connectivity index (χ1n) is 12.7. The smallest absolute Gasteiger partial charge is 0.406 e. The molecule has 9 heteroatoms. The maximum absolute atomic E-state index is 14.0. The standard InChI is InChI=1S/C30H31F3N2O4/c1-19(2)16-34-28(38)29(3)25-7-5-4-6-24(25)27(37)35(26(29)22-12-8-21(18-36)9-13-22)17-20-10-14-23(15-11-20)39-30(31,32)33/h4-15,19,26,36H,16-18H2,1-3H3,(H,34,38)/t26-,29-/m0/s1. The number of aliphatic hydroxyl groups excluding tert-OH is 1. The van der Waals surface area contributed by atoms with Gasteiger partial charge in [0.05, 0.1) is 18.1 Å². The van der Waals surface area contributed by atoms with Gasteiger partial charge in [0, 0.05) is 18.7 Å². The SMILES string of the molecule is CC(C)CNC(=O)[C@@]1(C)c2ccccc2C(=O)N(Cc2ccc(OC(F)(F)F)cc2)[C@H]1c1ccc(CO)cc1. The molecule has 0 bridgehead atoms. The molecule has 3 aromatic rings. The molecule has 206 valence electrons. The Kier molecular flexibility index (Phi) is 8.02. The van der Waals surface area contributed by atoms with Gasteiger partial charge in [-0.1, -0.05) is 68.4 Å². The van der Waals surface area contributed by atoms with Gasteiger partial charge in [-0.05, 0) is 53.3 Å². The van der Waals surface area contributed by atoms with E-state index in [0.29, 0.717) is 34.4 Å². The summed E-state index contributed by atoms with van der Waals surface area (Å²) in [7, 11) is 0. The molecule has 0 aliphatic carbocycles. The number of carbonyl (C=O) groups excluding carboxylic acids is 2. The van der Waals surface area contributed by atoms with Gasteiger partial charge in [0.1, 0.15) is 5.75 Å². The first-order valence-corrected chi connectivity index (χ1v) is 12.7. The molecule has 1 heterocycles. The molecule has 0 aromatic heterocycles. The van der Waals surface area contributed by atoms with Crippen molar-refractivity contribution in [3.05, 3.63) is 101 Å². The van der Waals surface area contributed by atoms with Crippen LogP contribution in [-0.4, -0.2) is 34.7 Å². The Balaban J connectivity index is 1.83. The highest BCUT2D eigenvalue weighted by molar-refractivity contribution is 6.03. The first-order chi connectivity index (χ1) is 18.4. The molecule has 6 nitrogen and oxygen atoms in total. The second kappa shape index (κ2) is 11.1. The Hall–Kier alpha value is -3.85. The number of hydrogen-bond donors (Lipinski definition) is 2. The molecule has 3 aromatic carbocycles. The molecule has 0 radical (unpaired) electrons. The first kappa shape index (κ1) is 28.2. The zero-order valence-electron chi connectivity index (χ0n) is 22.0. The van der Waals surface area contributed by atoms with Gasteiger partial charge in [-0.15, -0.1) is 13.2 Å². The zero-order valence-corrected chi connectivity index (χ0v) is 22.0. The number of hydrogen-bond acceptors (Lipinski definition) is 4. The summed E-state index contributed by atoms with van der Waals surface area (Å²) >= 11 is 0. The molecule has 4 rings (SSSR count). The number of fused-ring (bicyclic) bond motifs is 1. The summed E-state index contributed by atoms with van der Waals surface area (Å²) in [6.45, 7) is 6.12. The molecule has 2 amide bonds. The molecule has 0 spiro atoms. The summed E-state index contributed by atoms with van der Waals surface area (Å²) in [4.78, 5) is 29.5. The Morgan fingerprint density at radius 2 is 1.64 bits per heavy atom. The minimum absolute atomic E-state index is 0.0406. The predicted octanol–water partition coefficient (Wildman–Crippen LogP) is 5.50. The van der Waals surface area contributed by atoms with E-state index >= 15 is 0 Å². The molecular formula is C30H31F3N2O4. The molecule has 39 heavy (non-hydrogen) atoms. The number of rotatable bonds is 8. The fraction of sp³-hybridized carbons (Fsp3) is 0.333. The molecule has 1 aliphatic heterocycles. The fourth-order valence-electron chi connectivity index (χ4n) is 5.06. The Morgan fingerprint density at radius 1 is 1.03 bits per heavy atom. The second-order valence-electron chi connectivity index (χ2n) is 10.3. The molecule has 0 fully saturated rings. The van der Waals surface area contributed by atoms with Crippen LogP contribution in [0.5, 0.6) is 5.75 Å². The average molecular weight is 541 g/mol. The van der Waals surface area contributed by atoms with Crippen molar-refractivity contribution in [1.82, 2.24) is 10.2 Å². The van der Waals surface area contributed by atoms with E-state index in [4.69, 9.17) is 0 Å². The van der Waals surface area contributed by atoms with Crippen LogP contribution in [0.3, 0.4) is 0 Å². The summed E-state index contributed by atoms with van der Waals surface area (Å²) in [5.74, 6) is -0.706. The van der Waals surface area contributed by atoms with Crippen molar-refractivity contribution in [3.8, 4) is 5.75 Å². The highest BCUT2D eigenvalue weighted by Gasteiger charge is 2.53. The number of amides is 2. The summed E-state index contributed by atoms with van der Waals surface area (Å²) in [6, 6.07) is 18.7. The number of aliphatic hydroxyl groups is 1. The number of nitrogens with zero attached hydrogens (tertiary/aromatic N) is 1. The van der Waals surface area contributed by atoms with Crippen molar-refractivity contribution in [2.75, 3.05) is 6.54 Å². The van der Waals surface area contributed by atoms with Gasteiger partial charge in [-0.25, -0.2) is 0 Å².